The van der Waals surface area contributed by atoms with E-state index in [4.69, 9.17) is 18.9 Å². The zero-order chi connectivity index (χ0) is 31.0. The molecule has 0 saturated carbocycles. The van der Waals surface area contributed by atoms with Gasteiger partial charge in [0.2, 0.25) is 5.82 Å². The first-order valence-electron chi connectivity index (χ1n) is 13.3. The van der Waals surface area contributed by atoms with Gasteiger partial charge in [0.05, 0.1) is 28.7 Å². The first kappa shape index (κ1) is 30.3. The molecule has 0 spiro atoms. The quantitative estimate of drug-likeness (QED) is 0.112. The molecule has 4 aromatic rings. The van der Waals surface area contributed by atoms with Crippen molar-refractivity contribution in [2.75, 3.05) is 11.9 Å². The van der Waals surface area contributed by atoms with Crippen molar-refractivity contribution in [2.45, 2.75) is 39.8 Å². The third-order valence-electron chi connectivity index (χ3n) is 5.57. The van der Waals surface area contributed by atoms with E-state index < -0.39 is 28.1 Å². The number of ether oxygens (including phenoxy) is 4. The van der Waals surface area contributed by atoms with Crippen molar-refractivity contribution in [3.05, 3.63) is 99.6 Å². The molecule has 0 aliphatic rings. The molecule has 0 fully saturated rings. The number of esters is 1. The maximum Gasteiger partial charge on any atom is 0.373 e. The largest absolute Gasteiger partial charge is 0.490 e. The van der Waals surface area contributed by atoms with Gasteiger partial charge in [-0.05, 0) is 63.6 Å². The molecule has 0 amide bonds. The molecule has 4 rings (SSSR count). The van der Waals surface area contributed by atoms with E-state index in [1.165, 1.54) is 24.3 Å². The lowest BCUT2D eigenvalue weighted by molar-refractivity contribution is -0.385. The summed E-state index contributed by atoms with van der Waals surface area (Å²) in [5.41, 5.74) is 0.0252. The minimum atomic E-state index is -0.728. The van der Waals surface area contributed by atoms with Crippen molar-refractivity contribution in [3.8, 4) is 35.2 Å². The monoisotopic (exact) mass is 583 g/mol. The van der Waals surface area contributed by atoms with E-state index in [0.717, 1.165) is 5.56 Å². The summed E-state index contributed by atoms with van der Waals surface area (Å²) >= 11 is 0. The molecule has 12 heteroatoms. The minimum Gasteiger partial charge on any atom is -0.490 e. The molecule has 0 saturated heterocycles. The van der Waals surface area contributed by atoms with Gasteiger partial charge in [-0.15, -0.1) is 0 Å². The number of anilines is 1. The highest BCUT2D eigenvalue weighted by molar-refractivity contribution is 5.90. The van der Waals surface area contributed by atoms with Gasteiger partial charge in [-0.25, -0.2) is 4.79 Å². The first-order valence-corrected chi connectivity index (χ1v) is 13.3. The summed E-state index contributed by atoms with van der Waals surface area (Å²) in [6.07, 6.45) is 0. The van der Waals surface area contributed by atoms with Gasteiger partial charge in [-0.2, -0.15) is 15.2 Å². The summed E-state index contributed by atoms with van der Waals surface area (Å²) in [4.78, 5) is 32.7. The Labute approximate surface area is 248 Å². The number of nitro groups is 1. The Morgan fingerprint density at radius 1 is 1.00 bits per heavy atom. The Bertz CT molecular complexity index is 1660. The average Bonchev–Trinajstić information content (AvgIpc) is 2.96. The third kappa shape index (κ3) is 8.17. The molecule has 0 radical (unpaired) electrons. The maximum absolute atomic E-state index is 12.6. The topological polar surface area (TPSA) is 159 Å². The lowest BCUT2D eigenvalue weighted by Crippen LogP contribution is -2.23. The van der Waals surface area contributed by atoms with E-state index in [0.29, 0.717) is 17.9 Å². The van der Waals surface area contributed by atoms with Gasteiger partial charge < -0.3 is 24.3 Å². The summed E-state index contributed by atoms with van der Waals surface area (Å²) in [5.74, 6) is -0.680. The van der Waals surface area contributed by atoms with Crippen LogP contribution in [0.2, 0.25) is 0 Å². The van der Waals surface area contributed by atoms with Crippen LogP contribution >= 0.6 is 0 Å². The van der Waals surface area contributed by atoms with Gasteiger partial charge >= 0.3 is 23.5 Å². The van der Waals surface area contributed by atoms with Gasteiger partial charge in [0.15, 0.2) is 11.5 Å². The number of nitriles is 1. The lowest BCUT2D eigenvalue weighted by atomic mass is 10.1. The predicted octanol–water partition coefficient (Wildman–Crippen LogP) is 6.81. The Kier molecular flexibility index (Phi) is 9.37. The third-order valence-corrected chi connectivity index (χ3v) is 5.57. The molecule has 12 nitrogen and oxygen atoms in total. The fourth-order valence-corrected chi connectivity index (χ4v) is 3.77. The summed E-state index contributed by atoms with van der Waals surface area (Å²) < 4.78 is 22.8. The van der Waals surface area contributed by atoms with Crippen LogP contribution in [-0.4, -0.2) is 33.1 Å². The molecule has 1 aromatic heterocycles. The Hall–Kier alpha value is -5.70. The number of benzene rings is 3. The molecule has 0 aliphatic heterocycles. The molecule has 0 aliphatic carbocycles. The van der Waals surface area contributed by atoms with Crippen molar-refractivity contribution >= 4 is 17.5 Å². The number of hydrogen-bond acceptors (Lipinski definition) is 11. The highest BCUT2D eigenvalue weighted by Gasteiger charge is 2.29. The second-order valence-corrected chi connectivity index (χ2v) is 10.0. The average molecular weight is 584 g/mol. The molecular weight excluding hydrogens is 554 g/mol. The van der Waals surface area contributed by atoms with Crippen LogP contribution in [0.4, 0.5) is 11.5 Å². The molecule has 1 heterocycles. The highest BCUT2D eigenvalue weighted by atomic mass is 16.6. The number of nitrogens with one attached hydrogen (secondary N) is 1. The summed E-state index contributed by atoms with van der Waals surface area (Å²) in [6.45, 7) is 7.52. The van der Waals surface area contributed by atoms with Crippen molar-refractivity contribution < 1.29 is 28.7 Å². The number of nitrogens with zero attached hydrogens (tertiary/aromatic N) is 4. The zero-order valence-electron chi connectivity index (χ0n) is 24.0. The fourth-order valence-electron chi connectivity index (χ4n) is 3.77. The Morgan fingerprint density at radius 2 is 1.77 bits per heavy atom. The van der Waals surface area contributed by atoms with Crippen molar-refractivity contribution in [2.24, 2.45) is 0 Å². The summed E-state index contributed by atoms with van der Waals surface area (Å²) in [6, 6.07) is 21.5. The number of rotatable bonds is 11. The molecule has 0 bridgehead atoms. The molecule has 220 valence electrons. The van der Waals surface area contributed by atoms with Crippen molar-refractivity contribution in [1.82, 2.24) is 9.97 Å². The lowest BCUT2D eigenvalue weighted by Gasteiger charge is -2.19. The van der Waals surface area contributed by atoms with Crippen LogP contribution in [0, 0.1) is 21.4 Å². The molecule has 43 heavy (non-hydrogen) atoms. The number of hydrogen-bond donors (Lipinski definition) is 1. The molecular formula is C31H29N5O7. The number of carbonyl (C=O) groups is 1. The van der Waals surface area contributed by atoms with Crippen molar-refractivity contribution in [3.63, 3.8) is 0 Å². The summed E-state index contributed by atoms with van der Waals surface area (Å²) in [7, 11) is 0. The predicted molar refractivity (Wildman–Crippen MR) is 157 cm³/mol. The van der Waals surface area contributed by atoms with Crippen molar-refractivity contribution in [1.29, 1.82) is 5.26 Å². The summed E-state index contributed by atoms with van der Waals surface area (Å²) in [5, 5.41) is 24.7. The molecule has 3 aromatic carbocycles. The minimum absolute atomic E-state index is 0.0894. The second kappa shape index (κ2) is 13.3. The van der Waals surface area contributed by atoms with Crippen LogP contribution in [0.1, 0.15) is 49.2 Å². The van der Waals surface area contributed by atoms with Crippen LogP contribution in [0.25, 0.3) is 0 Å². The Morgan fingerprint density at radius 3 is 2.44 bits per heavy atom. The standard InChI is InChI=1S/C31H29N5O7/c1-5-40-24-15-14-21(18-32)16-25(24)42-30-34-27(33-19-20-10-7-6-8-11-20)26(36(38)39)28(35-30)41-23-13-9-12-22(17-23)29(37)43-31(2,3)4/h6-17H,5,19H2,1-4H3,(H,33,34,35). The van der Waals surface area contributed by atoms with Gasteiger partial charge in [0, 0.05) is 12.6 Å². The van der Waals surface area contributed by atoms with E-state index >= 15 is 0 Å². The second-order valence-electron chi connectivity index (χ2n) is 10.0. The van der Waals surface area contributed by atoms with Gasteiger partial charge in [0.1, 0.15) is 11.4 Å². The normalized spacial score (nSPS) is 10.8. The van der Waals surface area contributed by atoms with Crippen LogP contribution < -0.4 is 19.5 Å². The molecule has 0 atom stereocenters. The van der Waals surface area contributed by atoms with Gasteiger partial charge in [-0.1, -0.05) is 36.4 Å². The Balaban J connectivity index is 1.78. The van der Waals surface area contributed by atoms with Gasteiger partial charge in [-0.3, -0.25) is 10.1 Å². The SMILES string of the molecule is CCOc1ccc(C#N)cc1Oc1nc(NCc2ccccc2)c([N+](=O)[O-])c(Oc2cccc(C(=O)OC(C)(C)C)c2)n1. The van der Waals surface area contributed by atoms with E-state index in [2.05, 4.69) is 15.3 Å². The fraction of sp³-hybridized carbons (Fsp3) is 0.226. The van der Waals surface area contributed by atoms with Crippen LogP contribution in [0.15, 0.2) is 72.8 Å². The molecule has 1 N–H and O–H groups in total. The van der Waals surface area contributed by atoms with Crippen LogP contribution in [0.3, 0.4) is 0 Å². The maximum atomic E-state index is 12.6. The number of aromatic nitrogens is 2. The molecule has 0 unspecified atom stereocenters. The van der Waals surface area contributed by atoms with E-state index in [1.807, 2.05) is 36.4 Å². The number of carbonyl (C=O) groups excluding carboxylic acids is 1. The van der Waals surface area contributed by atoms with Gasteiger partial charge in [0.25, 0.3) is 0 Å². The zero-order valence-corrected chi connectivity index (χ0v) is 24.0. The smallest absolute Gasteiger partial charge is 0.373 e. The highest BCUT2D eigenvalue weighted by Crippen LogP contribution is 2.39. The van der Waals surface area contributed by atoms with E-state index in [1.54, 1.807) is 45.9 Å². The van der Waals surface area contributed by atoms with Crippen LogP contribution in [-0.2, 0) is 11.3 Å². The van der Waals surface area contributed by atoms with Crippen LogP contribution in [0.5, 0.6) is 29.1 Å². The van der Waals surface area contributed by atoms with E-state index in [9.17, 15) is 20.2 Å². The van der Waals surface area contributed by atoms with E-state index in [-0.39, 0.29) is 35.4 Å². The first-order chi connectivity index (χ1) is 20.6.